The topological polar surface area (TPSA) is 127 Å². The lowest BCUT2D eigenvalue weighted by Crippen LogP contribution is -2.26. The van der Waals surface area contributed by atoms with E-state index >= 15 is 0 Å². The standard InChI is InChI=1S/C6H8BrNS.C2H6O6S2/c1-5-6(2-3-7)9-4-8-5;1-2(9(3,4)5)10(6,7)8/h4H,2-3H2,1H3;2H,1H3,(H,3,4,5)(H,6,7,8)/p-2. The van der Waals surface area contributed by atoms with Crippen molar-refractivity contribution in [1.29, 1.82) is 0 Å². The molecule has 0 bridgehead atoms. The molecule has 0 radical (unpaired) electrons. The van der Waals surface area contributed by atoms with Gasteiger partial charge in [-0.2, -0.15) is 0 Å². The number of nitrogens with zero attached hydrogens (tertiary/aromatic N) is 1. The molecule has 1 rings (SSSR count). The lowest BCUT2D eigenvalue weighted by atomic mass is 10.3. The highest BCUT2D eigenvalue weighted by atomic mass is 79.9. The average Bonchev–Trinajstić information content (AvgIpc) is 2.62. The summed E-state index contributed by atoms with van der Waals surface area (Å²) in [5.41, 5.74) is 3.08. The number of alkyl halides is 1. The summed E-state index contributed by atoms with van der Waals surface area (Å²) in [7, 11) is -10.0. The fourth-order valence-corrected chi connectivity index (χ4v) is 3.39. The molecule has 0 saturated heterocycles. The second-order valence-electron chi connectivity index (χ2n) is 3.35. The van der Waals surface area contributed by atoms with Crippen LogP contribution in [0.15, 0.2) is 5.51 Å². The number of thiazole rings is 1. The minimum absolute atomic E-state index is 0.532. The Kier molecular flexibility index (Phi) is 7.62. The molecule has 1 aromatic heterocycles. The Labute approximate surface area is 124 Å². The first kappa shape index (κ1) is 18.9. The third-order valence-electron chi connectivity index (χ3n) is 1.98. The normalized spacial score (nSPS) is 12.1. The van der Waals surface area contributed by atoms with Crippen molar-refractivity contribution >= 4 is 47.5 Å². The molecule has 0 N–H and O–H groups in total. The van der Waals surface area contributed by atoms with Crippen LogP contribution in [-0.4, -0.2) is 40.8 Å². The van der Waals surface area contributed by atoms with Crippen molar-refractivity contribution in [2.24, 2.45) is 0 Å². The van der Waals surface area contributed by atoms with Gasteiger partial charge in [0, 0.05) is 10.2 Å². The van der Waals surface area contributed by atoms with E-state index in [1.807, 2.05) is 5.51 Å². The second kappa shape index (κ2) is 7.64. The Morgan fingerprint density at radius 1 is 1.32 bits per heavy atom. The van der Waals surface area contributed by atoms with Crippen LogP contribution in [0.4, 0.5) is 0 Å². The van der Waals surface area contributed by atoms with Crippen LogP contribution in [0.1, 0.15) is 17.5 Å². The van der Waals surface area contributed by atoms with Gasteiger partial charge in [-0.05, 0) is 20.3 Å². The van der Waals surface area contributed by atoms with Crippen molar-refractivity contribution in [3.63, 3.8) is 0 Å². The molecular weight excluding hydrogens is 382 g/mol. The molecule has 0 unspecified atom stereocenters. The predicted molar refractivity (Wildman–Crippen MR) is 73.2 cm³/mol. The fourth-order valence-electron chi connectivity index (χ4n) is 0.796. The third kappa shape index (κ3) is 7.32. The zero-order valence-corrected chi connectivity index (χ0v) is 14.1. The Morgan fingerprint density at radius 2 is 1.79 bits per heavy atom. The molecule has 11 heteroatoms. The fraction of sp³-hybridized carbons (Fsp3) is 0.625. The van der Waals surface area contributed by atoms with E-state index in [-0.39, 0.29) is 0 Å². The summed E-state index contributed by atoms with van der Waals surface area (Å²) in [6.45, 7) is 2.58. The van der Waals surface area contributed by atoms with Gasteiger partial charge in [-0.15, -0.1) is 11.3 Å². The van der Waals surface area contributed by atoms with Gasteiger partial charge in [-0.25, -0.2) is 21.8 Å². The molecule has 0 aliphatic carbocycles. The highest BCUT2D eigenvalue weighted by molar-refractivity contribution is 9.09. The minimum atomic E-state index is -5.01. The van der Waals surface area contributed by atoms with Gasteiger partial charge in [0.2, 0.25) is 0 Å². The summed E-state index contributed by atoms with van der Waals surface area (Å²) in [4.78, 5) is 5.53. The summed E-state index contributed by atoms with van der Waals surface area (Å²) in [6.07, 6.45) is 1.11. The van der Waals surface area contributed by atoms with E-state index in [4.69, 9.17) is 0 Å². The smallest absolute Gasteiger partial charge is 0.136 e. The molecule has 112 valence electrons. The Balaban J connectivity index is 0.000000342. The van der Waals surface area contributed by atoms with Crippen LogP contribution in [0.25, 0.3) is 0 Å². The number of hydrogen-bond donors (Lipinski definition) is 0. The van der Waals surface area contributed by atoms with Crippen LogP contribution in [0.5, 0.6) is 0 Å². The lowest BCUT2D eigenvalue weighted by molar-refractivity contribution is 0.438. The van der Waals surface area contributed by atoms with E-state index in [0.29, 0.717) is 6.92 Å². The summed E-state index contributed by atoms with van der Waals surface area (Å²) >= 11 is 5.12. The number of aromatic nitrogens is 1. The van der Waals surface area contributed by atoms with E-state index < -0.39 is 24.8 Å². The monoisotopic (exact) mass is 393 g/mol. The number of halogens is 1. The van der Waals surface area contributed by atoms with E-state index in [1.165, 1.54) is 10.6 Å². The number of rotatable bonds is 4. The molecule has 0 fully saturated rings. The Morgan fingerprint density at radius 3 is 2.00 bits per heavy atom. The van der Waals surface area contributed by atoms with Crippen LogP contribution < -0.4 is 0 Å². The Hall–Kier alpha value is -0.0700. The third-order valence-corrected chi connectivity index (χ3v) is 6.41. The van der Waals surface area contributed by atoms with E-state index in [9.17, 15) is 25.9 Å². The van der Waals surface area contributed by atoms with Crippen molar-refractivity contribution in [3.05, 3.63) is 16.1 Å². The molecule has 0 aromatic carbocycles. The van der Waals surface area contributed by atoms with Crippen LogP contribution in [-0.2, 0) is 26.7 Å². The quantitative estimate of drug-likeness (QED) is 0.546. The molecule has 0 saturated carbocycles. The van der Waals surface area contributed by atoms with Gasteiger partial charge in [0.15, 0.2) is 0 Å². The van der Waals surface area contributed by atoms with Gasteiger partial charge in [-0.1, -0.05) is 15.9 Å². The van der Waals surface area contributed by atoms with Gasteiger partial charge in [0.25, 0.3) is 0 Å². The lowest BCUT2D eigenvalue weighted by Gasteiger charge is -2.18. The molecule has 1 heterocycles. The van der Waals surface area contributed by atoms with Crippen molar-refractivity contribution in [3.8, 4) is 0 Å². The molecule has 0 aliphatic heterocycles. The van der Waals surface area contributed by atoms with Crippen molar-refractivity contribution in [2.75, 3.05) is 5.33 Å². The molecule has 7 nitrogen and oxygen atoms in total. The summed E-state index contributed by atoms with van der Waals surface area (Å²) in [6, 6.07) is 0. The van der Waals surface area contributed by atoms with Crippen LogP contribution >= 0.6 is 27.3 Å². The van der Waals surface area contributed by atoms with Gasteiger partial charge >= 0.3 is 0 Å². The second-order valence-corrected chi connectivity index (χ2v) is 8.77. The van der Waals surface area contributed by atoms with Crippen LogP contribution in [0, 0.1) is 6.92 Å². The number of aryl methyl sites for hydroxylation is 2. The summed E-state index contributed by atoms with van der Waals surface area (Å²) in [5, 5.41) is 1.04. The van der Waals surface area contributed by atoms with E-state index in [1.54, 1.807) is 11.3 Å². The maximum Gasteiger partial charge on any atom is 0.136 e. The van der Waals surface area contributed by atoms with Gasteiger partial charge < -0.3 is 9.11 Å². The molecular formula is C8H12BrNO6S3-2. The number of hydrogen-bond acceptors (Lipinski definition) is 8. The van der Waals surface area contributed by atoms with Crippen molar-refractivity contribution in [1.82, 2.24) is 4.98 Å². The van der Waals surface area contributed by atoms with Crippen LogP contribution in [0.3, 0.4) is 0 Å². The van der Waals surface area contributed by atoms with Crippen molar-refractivity contribution in [2.45, 2.75) is 24.9 Å². The first-order valence-electron chi connectivity index (χ1n) is 4.84. The Bertz CT molecular complexity index is 562. The first-order valence-corrected chi connectivity index (χ1v) is 9.79. The molecule has 0 spiro atoms. The zero-order chi connectivity index (χ0) is 15.3. The largest absolute Gasteiger partial charge is 0.747 e. The molecule has 19 heavy (non-hydrogen) atoms. The summed E-state index contributed by atoms with van der Waals surface area (Å²) in [5.74, 6) is 0. The van der Waals surface area contributed by atoms with E-state index in [2.05, 4.69) is 27.8 Å². The highest BCUT2D eigenvalue weighted by Gasteiger charge is 2.16. The van der Waals surface area contributed by atoms with Crippen LogP contribution in [0.2, 0.25) is 0 Å². The minimum Gasteiger partial charge on any atom is -0.747 e. The van der Waals surface area contributed by atoms with Gasteiger partial charge in [0.1, 0.15) is 24.8 Å². The summed E-state index contributed by atoms with van der Waals surface area (Å²) < 4.78 is 56.7. The van der Waals surface area contributed by atoms with Gasteiger partial charge in [-0.3, -0.25) is 0 Å². The average molecular weight is 394 g/mol. The maximum atomic E-state index is 9.84. The predicted octanol–water partition coefficient (Wildman–Crippen LogP) is 0.812. The molecule has 0 amide bonds. The highest BCUT2D eigenvalue weighted by Crippen LogP contribution is 2.13. The first-order chi connectivity index (χ1) is 8.50. The maximum absolute atomic E-state index is 9.84. The molecule has 1 aromatic rings. The SMILES string of the molecule is CC(S(=O)(=O)[O-])S(=O)(=O)[O-].Cc1ncsc1CCBr. The molecule has 0 aliphatic rings. The van der Waals surface area contributed by atoms with E-state index in [0.717, 1.165) is 11.8 Å². The van der Waals surface area contributed by atoms with Crippen molar-refractivity contribution < 1.29 is 25.9 Å². The zero-order valence-electron chi connectivity index (χ0n) is 10.1. The van der Waals surface area contributed by atoms with Gasteiger partial charge in [0.05, 0.1) is 11.2 Å². The molecule has 0 atom stereocenters.